The standard InChI is InChI=1S/C14H17BrN4/c1-19-17-13(16-18-19)9-11-7-4-6-10-5-2-3-8-12(10)14(11)15/h2-3,5,8,11,14H,4,6-7,9H2,1H3. The van der Waals surface area contributed by atoms with E-state index in [0.29, 0.717) is 10.7 Å². The SMILES string of the molecule is Cn1nnc(CC2CCCc3ccccc3C2Br)n1. The largest absolute Gasteiger partial charge is 0.175 e. The molecule has 2 aromatic rings. The first-order chi connectivity index (χ1) is 9.24. The smallest absolute Gasteiger partial charge is 0.167 e. The number of hydrogen-bond acceptors (Lipinski definition) is 3. The molecule has 5 heteroatoms. The van der Waals surface area contributed by atoms with Crippen molar-refractivity contribution in [2.45, 2.75) is 30.5 Å². The maximum absolute atomic E-state index is 4.30. The molecule has 0 radical (unpaired) electrons. The quantitative estimate of drug-likeness (QED) is 0.631. The molecule has 100 valence electrons. The van der Waals surface area contributed by atoms with Gasteiger partial charge in [-0.1, -0.05) is 40.2 Å². The Labute approximate surface area is 121 Å². The van der Waals surface area contributed by atoms with Gasteiger partial charge in [0.1, 0.15) is 0 Å². The number of aryl methyl sites for hydroxylation is 2. The summed E-state index contributed by atoms with van der Waals surface area (Å²) in [6, 6.07) is 8.73. The van der Waals surface area contributed by atoms with Gasteiger partial charge in [0, 0.05) is 11.2 Å². The molecule has 0 saturated heterocycles. The second kappa shape index (κ2) is 5.41. The number of benzene rings is 1. The van der Waals surface area contributed by atoms with Crippen molar-refractivity contribution in [1.82, 2.24) is 20.2 Å². The first-order valence-electron chi connectivity index (χ1n) is 6.69. The Morgan fingerprint density at radius 3 is 3.00 bits per heavy atom. The Morgan fingerprint density at radius 1 is 1.37 bits per heavy atom. The van der Waals surface area contributed by atoms with Crippen molar-refractivity contribution in [2.75, 3.05) is 0 Å². The maximum atomic E-state index is 4.30. The van der Waals surface area contributed by atoms with Gasteiger partial charge in [0.05, 0.1) is 7.05 Å². The number of hydrogen-bond donors (Lipinski definition) is 0. The van der Waals surface area contributed by atoms with E-state index >= 15 is 0 Å². The van der Waals surface area contributed by atoms with Crippen molar-refractivity contribution in [2.24, 2.45) is 13.0 Å². The molecule has 0 aliphatic heterocycles. The molecule has 1 heterocycles. The summed E-state index contributed by atoms with van der Waals surface area (Å²) in [4.78, 5) is 1.92. The van der Waals surface area contributed by atoms with E-state index < -0.39 is 0 Å². The summed E-state index contributed by atoms with van der Waals surface area (Å²) in [6.45, 7) is 0. The minimum Gasteiger partial charge on any atom is -0.167 e. The molecule has 0 spiro atoms. The fourth-order valence-electron chi connectivity index (χ4n) is 2.83. The normalized spacial score (nSPS) is 22.8. The Morgan fingerprint density at radius 2 is 2.21 bits per heavy atom. The number of nitrogens with zero attached hydrogens (tertiary/aromatic N) is 4. The van der Waals surface area contributed by atoms with E-state index in [2.05, 4.69) is 55.6 Å². The number of alkyl halides is 1. The maximum Gasteiger partial charge on any atom is 0.175 e. The predicted octanol–water partition coefficient (Wildman–Crippen LogP) is 2.84. The van der Waals surface area contributed by atoms with Crippen LogP contribution in [0.15, 0.2) is 24.3 Å². The van der Waals surface area contributed by atoms with Crippen LogP contribution in [0.25, 0.3) is 0 Å². The van der Waals surface area contributed by atoms with E-state index in [0.717, 1.165) is 12.2 Å². The van der Waals surface area contributed by atoms with Gasteiger partial charge >= 0.3 is 0 Å². The zero-order valence-electron chi connectivity index (χ0n) is 11.0. The lowest BCUT2D eigenvalue weighted by atomic mass is 9.93. The van der Waals surface area contributed by atoms with Crippen LogP contribution >= 0.6 is 15.9 Å². The first-order valence-corrected chi connectivity index (χ1v) is 7.60. The van der Waals surface area contributed by atoms with Crippen molar-refractivity contribution in [3.63, 3.8) is 0 Å². The van der Waals surface area contributed by atoms with Crippen molar-refractivity contribution in [1.29, 1.82) is 0 Å². The number of fused-ring (bicyclic) bond motifs is 1. The minimum atomic E-state index is 0.384. The number of tetrazole rings is 1. The van der Waals surface area contributed by atoms with E-state index in [9.17, 15) is 0 Å². The Balaban J connectivity index is 1.83. The fourth-order valence-corrected chi connectivity index (χ4v) is 3.73. The monoisotopic (exact) mass is 320 g/mol. The van der Waals surface area contributed by atoms with E-state index in [4.69, 9.17) is 0 Å². The molecule has 2 atom stereocenters. The van der Waals surface area contributed by atoms with Crippen LogP contribution < -0.4 is 0 Å². The third kappa shape index (κ3) is 2.71. The van der Waals surface area contributed by atoms with Crippen molar-refractivity contribution in [3.05, 3.63) is 41.2 Å². The van der Waals surface area contributed by atoms with Crippen LogP contribution in [0.3, 0.4) is 0 Å². The molecule has 0 N–H and O–H groups in total. The van der Waals surface area contributed by atoms with E-state index in [1.807, 2.05) is 7.05 Å². The predicted molar refractivity (Wildman–Crippen MR) is 77.0 cm³/mol. The summed E-state index contributed by atoms with van der Waals surface area (Å²) < 4.78 is 0. The molecular formula is C14H17BrN4. The van der Waals surface area contributed by atoms with Gasteiger partial charge in [-0.3, -0.25) is 0 Å². The molecule has 0 bridgehead atoms. The minimum absolute atomic E-state index is 0.384. The van der Waals surface area contributed by atoms with Crippen LogP contribution in [0, 0.1) is 5.92 Å². The van der Waals surface area contributed by atoms with Crippen LogP contribution in [0.5, 0.6) is 0 Å². The molecule has 19 heavy (non-hydrogen) atoms. The van der Waals surface area contributed by atoms with Gasteiger partial charge in [0.2, 0.25) is 0 Å². The Hall–Kier alpha value is -1.23. The molecule has 0 fully saturated rings. The van der Waals surface area contributed by atoms with Crippen LogP contribution in [0.1, 0.15) is 34.6 Å². The third-order valence-electron chi connectivity index (χ3n) is 3.78. The van der Waals surface area contributed by atoms with Crippen molar-refractivity contribution in [3.8, 4) is 0 Å². The zero-order chi connectivity index (χ0) is 13.2. The van der Waals surface area contributed by atoms with Gasteiger partial charge in [-0.25, -0.2) is 0 Å². The molecule has 1 aromatic heterocycles. The highest BCUT2D eigenvalue weighted by Crippen LogP contribution is 2.40. The average molecular weight is 321 g/mol. The van der Waals surface area contributed by atoms with Gasteiger partial charge in [-0.05, 0) is 41.5 Å². The highest BCUT2D eigenvalue weighted by atomic mass is 79.9. The lowest BCUT2D eigenvalue weighted by molar-refractivity contribution is 0.463. The summed E-state index contributed by atoms with van der Waals surface area (Å²) >= 11 is 3.88. The summed E-state index contributed by atoms with van der Waals surface area (Å²) in [5.74, 6) is 1.38. The van der Waals surface area contributed by atoms with Crippen molar-refractivity contribution < 1.29 is 0 Å². The van der Waals surface area contributed by atoms with Crippen LogP contribution in [-0.4, -0.2) is 20.2 Å². The van der Waals surface area contributed by atoms with Gasteiger partial charge in [-0.15, -0.1) is 10.2 Å². The summed E-state index contributed by atoms with van der Waals surface area (Å²) in [7, 11) is 1.81. The van der Waals surface area contributed by atoms with Gasteiger partial charge in [-0.2, -0.15) is 4.80 Å². The van der Waals surface area contributed by atoms with E-state index in [1.165, 1.54) is 35.2 Å². The highest BCUT2D eigenvalue weighted by Gasteiger charge is 2.26. The van der Waals surface area contributed by atoms with Gasteiger partial charge < -0.3 is 0 Å². The molecule has 0 saturated carbocycles. The summed E-state index contributed by atoms with van der Waals surface area (Å²) in [6.07, 6.45) is 4.48. The highest BCUT2D eigenvalue weighted by molar-refractivity contribution is 9.09. The van der Waals surface area contributed by atoms with E-state index in [1.54, 1.807) is 0 Å². The molecule has 1 aliphatic carbocycles. The third-order valence-corrected chi connectivity index (χ3v) is 5.02. The molecule has 1 aliphatic rings. The summed E-state index contributed by atoms with van der Waals surface area (Å²) in [5.41, 5.74) is 2.90. The molecule has 2 unspecified atom stereocenters. The second-order valence-electron chi connectivity index (χ2n) is 5.15. The lowest BCUT2D eigenvalue weighted by Gasteiger charge is -2.20. The second-order valence-corrected chi connectivity index (χ2v) is 6.14. The Kier molecular flexibility index (Phi) is 3.64. The Bertz CT molecular complexity index is 566. The summed E-state index contributed by atoms with van der Waals surface area (Å²) in [5, 5.41) is 12.3. The van der Waals surface area contributed by atoms with Gasteiger partial charge in [0.25, 0.3) is 0 Å². The van der Waals surface area contributed by atoms with Gasteiger partial charge in [0.15, 0.2) is 5.82 Å². The number of halogens is 1. The van der Waals surface area contributed by atoms with E-state index in [-0.39, 0.29) is 0 Å². The molecule has 0 amide bonds. The topological polar surface area (TPSA) is 43.6 Å². The van der Waals surface area contributed by atoms with Crippen molar-refractivity contribution >= 4 is 15.9 Å². The van der Waals surface area contributed by atoms with Crippen LogP contribution in [0.2, 0.25) is 0 Å². The average Bonchev–Trinajstić information content (AvgIpc) is 2.75. The fraction of sp³-hybridized carbons (Fsp3) is 0.500. The molecule has 3 rings (SSSR count). The van der Waals surface area contributed by atoms with Crippen LogP contribution in [0.4, 0.5) is 0 Å². The zero-order valence-corrected chi connectivity index (χ0v) is 12.5. The molecule has 4 nitrogen and oxygen atoms in total. The van der Waals surface area contributed by atoms with Crippen LogP contribution in [-0.2, 0) is 19.9 Å². The molecule has 1 aromatic carbocycles. The first kappa shape index (κ1) is 12.8. The number of aromatic nitrogens is 4. The molecular weight excluding hydrogens is 304 g/mol. The number of rotatable bonds is 2. The lowest BCUT2D eigenvalue weighted by Crippen LogP contribution is -2.11.